The van der Waals surface area contributed by atoms with Gasteiger partial charge < -0.3 is 10.6 Å². The first-order valence-corrected chi connectivity index (χ1v) is 8.74. The van der Waals surface area contributed by atoms with Crippen LogP contribution in [0.1, 0.15) is 24.5 Å². The molecule has 0 bridgehead atoms. The first-order valence-electron chi connectivity index (χ1n) is 7.30. The second-order valence-electron chi connectivity index (χ2n) is 6.06. The van der Waals surface area contributed by atoms with Gasteiger partial charge in [0.15, 0.2) is 0 Å². The number of sulfonamides is 1. The number of anilines is 1. The van der Waals surface area contributed by atoms with E-state index in [-0.39, 0.29) is 6.04 Å². The second kappa shape index (κ2) is 5.94. The molecule has 0 spiro atoms. The smallest absolute Gasteiger partial charge is 0.243 e. The molecule has 1 heterocycles. The van der Waals surface area contributed by atoms with Crippen LogP contribution in [0.15, 0.2) is 17.0 Å². The number of nitrogens with zero attached hydrogens (tertiary/aromatic N) is 2. The van der Waals surface area contributed by atoms with Crippen LogP contribution in [0.3, 0.4) is 0 Å². The third kappa shape index (κ3) is 3.22. The van der Waals surface area contributed by atoms with Gasteiger partial charge in [-0.25, -0.2) is 8.42 Å². The fraction of sp³-hybridized carbons (Fsp3) is 0.600. The highest BCUT2D eigenvalue weighted by Gasteiger charge is 2.33. The lowest BCUT2D eigenvalue weighted by Gasteiger charge is -2.28. The molecule has 1 fully saturated rings. The van der Waals surface area contributed by atoms with Crippen LogP contribution in [0.2, 0.25) is 0 Å². The largest absolute Gasteiger partial charge is 0.399 e. The van der Waals surface area contributed by atoms with Crippen LogP contribution in [0.4, 0.5) is 5.69 Å². The van der Waals surface area contributed by atoms with E-state index in [9.17, 15) is 8.42 Å². The van der Waals surface area contributed by atoms with Gasteiger partial charge >= 0.3 is 0 Å². The molecule has 0 aromatic heterocycles. The van der Waals surface area contributed by atoms with E-state index < -0.39 is 10.0 Å². The molecule has 1 aromatic carbocycles. The SMILES string of the molecule is Cc1cc(N)cc(C)c1S(=O)(=O)N1CCCN(C)CC1C. The molecule has 0 aliphatic carbocycles. The number of nitrogen functional groups attached to an aromatic ring is 1. The van der Waals surface area contributed by atoms with Crippen molar-refractivity contribution >= 4 is 15.7 Å². The number of rotatable bonds is 2. The van der Waals surface area contributed by atoms with Crippen molar-refractivity contribution in [2.24, 2.45) is 0 Å². The van der Waals surface area contributed by atoms with Gasteiger partial charge in [0, 0.05) is 24.8 Å². The Morgan fingerprint density at radius 3 is 2.33 bits per heavy atom. The maximum Gasteiger partial charge on any atom is 0.243 e. The molecule has 1 aromatic rings. The Morgan fingerprint density at radius 2 is 1.76 bits per heavy atom. The summed E-state index contributed by atoms with van der Waals surface area (Å²) in [6, 6.07) is 3.43. The molecule has 21 heavy (non-hydrogen) atoms. The van der Waals surface area contributed by atoms with Gasteiger partial charge in [-0.05, 0) is 64.0 Å². The Bertz CT molecular complexity index is 605. The minimum Gasteiger partial charge on any atom is -0.399 e. The molecule has 0 saturated carbocycles. The third-order valence-electron chi connectivity index (χ3n) is 4.04. The lowest BCUT2D eigenvalue weighted by molar-refractivity contribution is 0.290. The zero-order valence-electron chi connectivity index (χ0n) is 13.3. The molecule has 0 amide bonds. The van der Waals surface area contributed by atoms with Crippen molar-refractivity contribution in [3.63, 3.8) is 0 Å². The first-order chi connectivity index (χ1) is 9.73. The summed E-state index contributed by atoms with van der Waals surface area (Å²) in [4.78, 5) is 2.59. The fourth-order valence-corrected chi connectivity index (χ4v) is 5.29. The highest BCUT2D eigenvalue weighted by molar-refractivity contribution is 7.89. The summed E-state index contributed by atoms with van der Waals surface area (Å²) < 4.78 is 27.8. The van der Waals surface area contributed by atoms with E-state index in [1.54, 1.807) is 16.4 Å². The summed E-state index contributed by atoms with van der Waals surface area (Å²) >= 11 is 0. The van der Waals surface area contributed by atoms with Crippen LogP contribution in [-0.2, 0) is 10.0 Å². The number of aryl methyl sites for hydroxylation is 2. The molecule has 1 aliphatic heterocycles. The Labute approximate surface area is 127 Å². The van der Waals surface area contributed by atoms with Crippen LogP contribution in [-0.4, -0.2) is 50.3 Å². The molecular formula is C15H25N3O2S. The predicted octanol–water partition coefficient (Wildman–Crippen LogP) is 1.60. The molecule has 1 unspecified atom stereocenters. The molecular weight excluding hydrogens is 286 g/mol. The number of benzene rings is 1. The molecule has 5 nitrogen and oxygen atoms in total. The van der Waals surface area contributed by atoms with Crippen molar-refractivity contribution in [2.75, 3.05) is 32.4 Å². The predicted molar refractivity (Wildman–Crippen MR) is 85.8 cm³/mol. The van der Waals surface area contributed by atoms with Crippen molar-refractivity contribution in [2.45, 2.75) is 38.1 Å². The van der Waals surface area contributed by atoms with Gasteiger partial charge in [0.2, 0.25) is 10.0 Å². The van der Waals surface area contributed by atoms with Crippen LogP contribution in [0.5, 0.6) is 0 Å². The number of likely N-dealkylation sites (N-methyl/N-ethyl adjacent to an activating group) is 1. The van der Waals surface area contributed by atoms with Crippen molar-refractivity contribution in [1.82, 2.24) is 9.21 Å². The van der Waals surface area contributed by atoms with Crippen LogP contribution in [0.25, 0.3) is 0 Å². The van der Waals surface area contributed by atoms with E-state index in [4.69, 9.17) is 5.73 Å². The van der Waals surface area contributed by atoms with Gasteiger partial charge in [-0.3, -0.25) is 0 Å². The maximum atomic E-state index is 13.1. The Morgan fingerprint density at radius 1 is 1.19 bits per heavy atom. The third-order valence-corrected chi connectivity index (χ3v) is 6.35. The van der Waals surface area contributed by atoms with Crippen LogP contribution >= 0.6 is 0 Å². The molecule has 1 aliphatic rings. The number of hydrogen-bond donors (Lipinski definition) is 1. The van der Waals surface area contributed by atoms with Crippen molar-refractivity contribution in [3.05, 3.63) is 23.3 Å². The summed E-state index contributed by atoms with van der Waals surface area (Å²) in [5.74, 6) is 0. The average Bonchev–Trinajstić information content (AvgIpc) is 2.48. The van der Waals surface area contributed by atoms with Gasteiger partial charge in [-0.1, -0.05) is 0 Å². The lowest BCUT2D eigenvalue weighted by atomic mass is 10.1. The number of hydrogen-bond acceptors (Lipinski definition) is 4. The van der Waals surface area contributed by atoms with E-state index in [1.165, 1.54) is 0 Å². The summed E-state index contributed by atoms with van der Waals surface area (Å²) in [7, 11) is -1.45. The van der Waals surface area contributed by atoms with Crippen LogP contribution < -0.4 is 5.73 Å². The van der Waals surface area contributed by atoms with Crippen molar-refractivity contribution in [3.8, 4) is 0 Å². The maximum absolute atomic E-state index is 13.1. The highest BCUT2D eigenvalue weighted by atomic mass is 32.2. The Balaban J connectivity index is 2.47. The molecule has 6 heteroatoms. The van der Waals surface area contributed by atoms with Gasteiger partial charge in [0.05, 0.1) is 4.90 Å². The van der Waals surface area contributed by atoms with Crippen molar-refractivity contribution < 1.29 is 8.42 Å². The van der Waals surface area contributed by atoms with E-state index in [0.29, 0.717) is 17.1 Å². The zero-order chi connectivity index (χ0) is 15.8. The quantitative estimate of drug-likeness (QED) is 0.843. The minimum atomic E-state index is -3.48. The molecule has 1 atom stereocenters. The van der Waals surface area contributed by atoms with E-state index in [2.05, 4.69) is 4.90 Å². The van der Waals surface area contributed by atoms with Gasteiger partial charge in [-0.15, -0.1) is 0 Å². The van der Waals surface area contributed by atoms with Crippen LogP contribution in [0, 0.1) is 13.8 Å². The lowest BCUT2D eigenvalue weighted by Crippen LogP contribution is -2.42. The molecule has 0 radical (unpaired) electrons. The summed E-state index contributed by atoms with van der Waals surface area (Å²) in [6.07, 6.45) is 0.854. The van der Waals surface area contributed by atoms with Crippen molar-refractivity contribution in [1.29, 1.82) is 0 Å². The zero-order valence-corrected chi connectivity index (χ0v) is 14.1. The summed E-state index contributed by atoms with van der Waals surface area (Å²) in [6.45, 7) is 7.84. The number of nitrogens with two attached hydrogens (primary N) is 1. The molecule has 2 N–H and O–H groups in total. The van der Waals surface area contributed by atoms with E-state index in [1.807, 2.05) is 27.8 Å². The second-order valence-corrected chi connectivity index (χ2v) is 7.89. The monoisotopic (exact) mass is 311 g/mol. The fourth-order valence-electron chi connectivity index (χ4n) is 3.22. The standard InChI is InChI=1S/C15H25N3O2S/c1-11-8-14(16)9-12(2)15(11)21(19,20)18-7-5-6-17(4)10-13(18)3/h8-9,13H,5-7,10,16H2,1-4H3. The normalized spacial score (nSPS) is 22.2. The Hall–Kier alpha value is -1.11. The first kappa shape index (κ1) is 16.3. The molecule has 2 rings (SSSR count). The van der Waals surface area contributed by atoms with Gasteiger partial charge in [0.25, 0.3) is 0 Å². The molecule has 118 valence electrons. The van der Waals surface area contributed by atoms with Gasteiger partial charge in [0.1, 0.15) is 0 Å². The summed E-state index contributed by atoms with van der Waals surface area (Å²) in [5.41, 5.74) is 7.85. The minimum absolute atomic E-state index is 0.0288. The average molecular weight is 311 g/mol. The van der Waals surface area contributed by atoms with E-state index in [0.717, 1.165) is 30.6 Å². The topological polar surface area (TPSA) is 66.6 Å². The summed E-state index contributed by atoms with van der Waals surface area (Å²) in [5, 5.41) is 0. The molecule has 1 saturated heterocycles. The highest BCUT2D eigenvalue weighted by Crippen LogP contribution is 2.28. The Kier molecular flexibility index (Phi) is 4.60. The van der Waals surface area contributed by atoms with Gasteiger partial charge in [-0.2, -0.15) is 4.31 Å². The van der Waals surface area contributed by atoms with E-state index >= 15 is 0 Å².